The first-order valence-electron chi connectivity index (χ1n) is 9.97. The van der Waals surface area contributed by atoms with Gasteiger partial charge in [0.1, 0.15) is 5.82 Å². The third kappa shape index (κ3) is 4.45. The Bertz CT molecular complexity index is 945. The van der Waals surface area contributed by atoms with Crippen molar-refractivity contribution in [3.05, 3.63) is 60.6 Å². The van der Waals surface area contributed by atoms with Crippen molar-refractivity contribution >= 4 is 23.4 Å². The molecule has 0 bridgehead atoms. The van der Waals surface area contributed by atoms with E-state index in [9.17, 15) is 0 Å². The van der Waals surface area contributed by atoms with Crippen molar-refractivity contribution in [1.29, 1.82) is 0 Å². The fourth-order valence-corrected chi connectivity index (χ4v) is 3.54. The Morgan fingerprint density at radius 3 is 2.21 bits per heavy atom. The summed E-state index contributed by atoms with van der Waals surface area (Å²) in [7, 11) is 0. The summed E-state index contributed by atoms with van der Waals surface area (Å²) < 4.78 is 0. The van der Waals surface area contributed by atoms with E-state index in [2.05, 4.69) is 69.0 Å². The number of nitrogens with one attached hydrogen (secondary N) is 1. The van der Waals surface area contributed by atoms with Crippen LogP contribution in [0.25, 0.3) is 0 Å². The number of rotatable bonds is 4. The lowest BCUT2D eigenvalue weighted by atomic mass is 9.86. The van der Waals surface area contributed by atoms with Crippen LogP contribution in [0.2, 0.25) is 0 Å². The van der Waals surface area contributed by atoms with Crippen LogP contribution >= 0.6 is 0 Å². The molecule has 1 aliphatic heterocycles. The van der Waals surface area contributed by atoms with Crippen LogP contribution < -0.4 is 15.1 Å². The topological polar surface area (TPSA) is 70.1 Å². The van der Waals surface area contributed by atoms with Crippen molar-refractivity contribution in [3.8, 4) is 0 Å². The predicted octanol–water partition coefficient (Wildman–Crippen LogP) is 3.63. The Morgan fingerprint density at radius 2 is 1.48 bits per heavy atom. The molecule has 0 aliphatic carbocycles. The van der Waals surface area contributed by atoms with Gasteiger partial charge in [-0.2, -0.15) is 4.98 Å². The Morgan fingerprint density at radius 1 is 0.793 bits per heavy atom. The first kappa shape index (κ1) is 19.1. The molecule has 7 heteroatoms. The van der Waals surface area contributed by atoms with Crippen molar-refractivity contribution in [2.45, 2.75) is 26.2 Å². The summed E-state index contributed by atoms with van der Waals surface area (Å²) >= 11 is 0. The van der Waals surface area contributed by atoms with Crippen LogP contribution in [-0.4, -0.2) is 46.1 Å². The number of piperazine rings is 1. The van der Waals surface area contributed by atoms with Crippen molar-refractivity contribution in [2.75, 3.05) is 41.3 Å². The number of nitrogens with zero attached hydrogens (tertiary/aromatic N) is 6. The Balaban J connectivity index is 1.47. The minimum atomic E-state index is 0.0387. The molecule has 4 rings (SSSR count). The minimum Gasteiger partial charge on any atom is -0.353 e. The van der Waals surface area contributed by atoms with Gasteiger partial charge < -0.3 is 15.1 Å². The zero-order valence-corrected chi connectivity index (χ0v) is 17.2. The minimum absolute atomic E-state index is 0.0387. The summed E-state index contributed by atoms with van der Waals surface area (Å²) in [4.78, 5) is 22.4. The molecule has 0 saturated carbocycles. The predicted molar refractivity (Wildman–Crippen MR) is 117 cm³/mol. The van der Waals surface area contributed by atoms with Crippen molar-refractivity contribution < 1.29 is 0 Å². The summed E-state index contributed by atoms with van der Waals surface area (Å²) in [6, 6.07) is 12.1. The van der Waals surface area contributed by atoms with Gasteiger partial charge in [0.05, 0.1) is 0 Å². The molecule has 1 fully saturated rings. The van der Waals surface area contributed by atoms with Crippen molar-refractivity contribution in [2.24, 2.45) is 0 Å². The highest BCUT2D eigenvalue weighted by Crippen LogP contribution is 2.30. The van der Waals surface area contributed by atoms with E-state index in [1.807, 2.05) is 24.4 Å². The summed E-state index contributed by atoms with van der Waals surface area (Å²) in [5, 5.41) is 3.41. The van der Waals surface area contributed by atoms with Crippen LogP contribution in [0.3, 0.4) is 0 Å². The van der Waals surface area contributed by atoms with Gasteiger partial charge in [-0.1, -0.05) is 39.0 Å². The van der Waals surface area contributed by atoms with E-state index in [0.29, 0.717) is 5.95 Å². The second kappa shape index (κ2) is 8.03. The lowest BCUT2D eigenvalue weighted by molar-refractivity contribution is 0.592. The fourth-order valence-electron chi connectivity index (χ4n) is 3.54. The Hall–Kier alpha value is -3.22. The van der Waals surface area contributed by atoms with E-state index in [1.54, 1.807) is 12.4 Å². The van der Waals surface area contributed by atoms with Gasteiger partial charge in [-0.15, -0.1) is 0 Å². The van der Waals surface area contributed by atoms with Gasteiger partial charge in [-0.3, -0.25) is 0 Å². The molecule has 1 N–H and O–H groups in total. The fraction of sp³-hybridized carbons (Fsp3) is 0.364. The number of hydrogen-bond donors (Lipinski definition) is 1. The van der Waals surface area contributed by atoms with Gasteiger partial charge in [0.15, 0.2) is 0 Å². The smallest absolute Gasteiger partial charge is 0.229 e. The lowest BCUT2D eigenvalue weighted by Crippen LogP contribution is -2.47. The van der Waals surface area contributed by atoms with Crippen LogP contribution in [-0.2, 0) is 5.41 Å². The number of aromatic nitrogens is 4. The van der Waals surface area contributed by atoms with E-state index in [0.717, 1.165) is 43.6 Å². The highest BCUT2D eigenvalue weighted by atomic mass is 15.3. The van der Waals surface area contributed by atoms with Gasteiger partial charge in [0, 0.05) is 50.5 Å². The average molecular weight is 390 g/mol. The number of anilines is 4. The maximum absolute atomic E-state index is 4.77. The van der Waals surface area contributed by atoms with Gasteiger partial charge in [0.25, 0.3) is 0 Å². The summed E-state index contributed by atoms with van der Waals surface area (Å²) in [6.45, 7) is 10.1. The van der Waals surface area contributed by atoms with E-state index >= 15 is 0 Å². The SMILES string of the molecule is CC(C)(C)c1ccccc1Nc1nccc(N2CCN(c3ncccn3)CC2)n1. The maximum Gasteiger partial charge on any atom is 0.229 e. The first-order chi connectivity index (χ1) is 14.0. The molecule has 3 aromatic rings. The third-order valence-electron chi connectivity index (χ3n) is 5.06. The number of benzene rings is 1. The van der Waals surface area contributed by atoms with Crippen LogP contribution in [0.4, 0.5) is 23.4 Å². The zero-order chi connectivity index (χ0) is 20.3. The molecule has 7 nitrogen and oxygen atoms in total. The van der Waals surface area contributed by atoms with Gasteiger partial charge in [-0.25, -0.2) is 15.0 Å². The summed E-state index contributed by atoms with van der Waals surface area (Å²) in [5.41, 5.74) is 2.32. The molecule has 1 saturated heterocycles. The standard InChI is InChI=1S/C22H27N7/c1-22(2,3)17-7-4-5-8-18(17)26-20-23-12-9-19(27-20)28-13-15-29(16-14-28)21-24-10-6-11-25-21/h4-12H,13-16H2,1-3H3,(H,23,26,27). The summed E-state index contributed by atoms with van der Waals surface area (Å²) in [5.74, 6) is 2.34. The highest BCUT2D eigenvalue weighted by molar-refractivity contribution is 5.61. The molecular weight excluding hydrogens is 362 g/mol. The molecule has 0 unspecified atom stereocenters. The maximum atomic E-state index is 4.77. The van der Waals surface area contributed by atoms with Crippen LogP contribution in [0.15, 0.2) is 55.0 Å². The molecule has 2 aromatic heterocycles. The Labute approximate surface area is 171 Å². The van der Waals surface area contributed by atoms with E-state index in [4.69, 9.17) is 4.98 Å². The molecule has 3 heterocycles. The number of hydrogen-bond acceptors (Lipinski definition) is 7. The molecule has 0 radical (unpaired) electrons. The summed E-state index contributed by atoms with van der Waals surface area (Å²) in [6.07, 6.45) is 5.38. The molecule has 150 valence electrons. The van der Waals surface area contributed by atoms with E-state index < -0.39 is 0 Å². The van der Waals surface area contributed by atoms with Crippen LogP contribution in [0, 0.1) is 0 Å². The lowest BCUT2D eigenvalue weighted by Gasteiger charge is -2.35. The van der Waals surface area contributed by atoms with Gasteiger partial charge in [-0.05, 0) is 29.2 Å². The molecule has 29 heavy (non-hydrogen) atoms. The molecule has 0 atom stereocenters. The number of para-hydroxylation sites is 1. The zero-order valence-electron chi connectivity index (χ0n) is 17.2. The molecule has 0 spiro atoms. The normalized spacial score (nSPS) is 14.7. The van der Waals surface area contributed by atoms with E-state index in [-0.39, 0.29) is 5.41 Å². The quantitative estimate of drug-likeness (QED) is 0.730. The molecule has 1 aliphatic rings. The molecule has 0 amide bonds. The first-order valence-corrected chi connectivity index (χ1v) is 9.97. The molecular formula is C22H27N7. The average Bonchev–Trinajstić information content (AvgIpc) is 2.74. The van der Waals surface area contributed by atoms with E-state index in [1.165, 1.54) is 5.56 Å². The highest BCUT2D eigenvalue weighted by Gasteiger charge is 2.21. The van der Waals surface area contributed by atoms with Crippen molar-refractivity contribution in [1.82, 2.24) is 19.9 Å². The van der Waals surface area contributed by atoms with Crippen molar-refractivity contribution in [3.63, 3.8) is 0 Å². The van der Waals surface area contributed by atoms with Crippen LogP contribution in [0.1, 0.15) is 26.3 Å². The second-order valence-corrected chi connectivity index (χ2v) is 8.18. The Kier molecular flexibility index (Phi) is 5.29. The second-order valence-electron chi connectivity index (χ2n) is 8.18. The van der Waals surface area contributed by atoms with Crippen LogP contribution in [0.5, 0.6) is 0 Å². The largest absolute Gasteiger partial charge is 0.353 e. The third-order valence-corrected chi connectivity index (χ3v) is 5.06. The van der Waals surface area contributed by atoms with Gasteiger partial charge in [0.2, 0.25) is 11.9 Å². The molecule has 1 aromatic carbocycles. The monoisotopic (exact) mass is 389 g/mol. The van der Waals surface area contributed by atoms with Gasteiger partial charge >= 0.3 is 0 Å².